The zero-order valence-electron chi connectivity index (χ0n) is 13.2. The first-order valence-electron chi connectivity index (χ1n) is 7.54. The second-order valence-corrected chi connectivity index (χ2v) is 5.97. The molecule has 1 amide bonds. The van der Waals surface area contributed by atoms with Gasteiger partial charge in [0.05, 0.1) is 12.8 Å². The van der Waals surface area contributed by atoms with E-state index in [1.807, 2.05) is 42.5 Å². The summed E-state index contributed by atoms with van der Waals surface area (Å²) in [5.74, 6) is 0.648. The van der Waals surface area contributed by atoms with Gasteiger partial charge >= 0.3 is 0 Å². The Balaban J connectivity index is 1.56. The van der Waals surface area contributed by atoms with Crippen LogP contribution >= 0.6 is 11.3 Å². The maximum atomic E-state index is 12.2. The normalized spacial score (nSPS) is 10.4. The number of thiazole rings is 1. The number of methoxy groups -OCH3 is 1. The molecule has 0 saturated carbocycles. The van der Waals surface area contributed by atoms with E-state index in [4.69, 9.17) is 4.74 Å². The summed E-state index contributed by atoms with van der Waals surface area (Å²) in [6.07, 6.45) is 2.45. The molecule has 24 heavy (non-hydrogen) atoms. The van der Waals surface area contributed by atoms with Gasteiger partial charge in [-0.3, -0.25) is 9.78 Å². The number of nitrogens with one attached hydrogen (secondary N) is 1. The highest BCUT2D eigenvalue weighted by Crippen LogP contribution is 2.21. The summed E-state index contributed by atoms with van der Waals surface area (Å²) in [6.45, 7) is 0.544. The fourth-order valence-electron chi connectivity index (χ4n) is 2.22. The molecule has 3 rings (SSSR count). The number of hydrogen-bond acceptors (Lipinski definition) is 5. The van der Waals surface area contributed by atoms with Crippen LogP contribution in [0.5, 0.6) is 5.75 Å². The predicted molar refractivity (Wildman–Crippen MR) is 94.4 cm³/mol. The molecule has 1 aromatic carbocycles. The number of benzene rings is 1. The second-order valence-electron chi connectivity index (χ2n) is 5.11. The third-order valence-electron chi connectivity index (χ3n) is 3.45. The van der Waals surface area contributed by atoms with E-state index in [0.717, 1.165) is 28.4 Å². The zero-order valence-corrected chi connectivity index (χ0v) is 14.0. The lowest BCUT2D eigenvalue weighted by molar-refractivity contribution is 0.0950. The molecule has 3 aromatic rings. The van der Waals surface area contributed by atoms with Crippen LogP contribution in [0.4, 0.5) is 0 Å². The summed E-state index contributed by atoms with van der Waals surface area (Å²) in [6, 6.07) is 13.4. The quantitative estimate of drug-likeness (QED) is 0.749. The Morgan fingerprint density at radius 2 is 2.17 bits per heavy atom. The lowest BCUT2D eigenvalue weighted by Crippen LogP contribution is -2.25. The van der Waals surface area contributed by atoms with Gasteiger partial charge in [0.25, 0.3) is 5.91 Å². The first-order chi connectivity index (χ1) is 11.8. The molecular weight excluding hydrogens is 322 g/mol. The molecule has 0 aliphatic carbocycles. The Morgan fingerprint density at radius 3 is 2.96 bits per heavy atom. The third-order valence-corrected chi connectivity index (χ3v) is 4.32. The number of carbonyl (C=O) groups excluding carboxylic acids is 1. The van der Waals surface area contributed by atoms with Crippen LogP contribution in [0.15, 0.2) is 54.0 Å². The van der Waals surface area contributed by atoms with Crippen LogP contribution in [0, 0.1) is 0 Å². The van der Waals surface area contributed by atoms with E-state index in [9.17, 15) is 4.79 Å². The van der Waals surface area contributed by atoms with Crippen molar-refractivity contribution >= 4 is 17.2 Å². The monoisotopic (exact) mass is 339 g/mol. The van der Waals surface area contributed by atoms with Crippen LogP contribution in [0.25, 0.3) is 10.7 Å². The number of amides is 1. The van der Waals surface area contributed by atoms with E-state index < -0.39 is 0 Å². The topological polar surface area (TPSA) is 64.1 Å². The molecule has 0 spiro atoms. The molecule has 0 fully saturated rings. The van der Waals surface area contributed by atoms with E-state index >= 15 is 0 Å². The average molecular weight is 339 g/mol. The van der Waals surface area contributed by atoms with E-state index in [1.54, 1.807) is 18.7 Å². The molecular formula is C18H17N3O2S. The molecule has 0 aliphatic heterocycles. The van der Waals surface area contributed by atoms with Crippen molar-refractivity contribution in [2.24, 2.45) is 0 Å². The maximum absolute atomic E-state index is 12.2. The standard InChI is InChI=1S/C18H17N3O2S/c1-23-14-6-4-5-13(11-14)8-10-20-17(22)16-12-24-18(21-16)15-7-2-3-9-19-15/h2-7,9,11-12H,8,10H2,1H3,(H,20,22). The van der Waals surface area contributed by atoms with Gasteiger partial charge in [-0.2, -0.15) is 0 Å². The van der Waals surface area contributed by atoms with Gasteiger partial charge in [-0.1, -0.05) is 18.2 Å². The van der Waals surface area contributed by atoms with E-state index in [0.29, 0.717) is 12.2 Å². The molecule has 0 atom stereocenters. The number of aromatic nitrogens is 2. The highest BCUT2D eigenvalue weighted by molar-refractivity contribution is 7.13. The lowest BCUT2D eigenvalue weighted by atomic mass is 10.1. The molecule has 6 heteroatoms. The number of hydrogen-bond donors (Lipinski definition) is 1. The number of nitrogens with zero attached hydrogens (tertiary/aromatic N) is 2. The smallest absolute Gasteiger partial charge is 0.270 e. The summed E-state index contributed by atoms with van der Waals surface area (Å²) in [4.78, 5) is 20.8. The van der Waals surface area contributed by atoms with Gasteiger partial charge in [-0.05, 0) is 36.2 Å². The van der Waals surface area contributed by atoms with Gasteiger partial charge in [0.1, 0.15) is 16.5 Å². The average Bonchev–Trinajstić information content (AvgIpc) is 3.13. The fourth-order valence-corrected chi connectivity index (χ4v) is 3.00. The SMILES string of the molecule is COc1cccc(CCNC(=O)c2csc(-c3ccccn3)n2)c1. The maximum Gasteiger partial charge on any atom is 0.270 e. The van der Waals surface area contributed by atoms with Crippen molar-refractivity contribution in [1.82, 2.24) is 15.3 Å². The van der Waals surface area contributed by atoms with E-state index in [1.165, 1.54) is 11.3 Å². The van der Waals surface area contributed by atoms with Crippen molar-refractivity contribution in [2.75, 3.05) is 13.7 Å². The molecule has 2 heterocycles. The molecule has 122 valence electrons. The Morgan fingerprint density at radius 1 is 1.25 bits per heavy atom. The van der Waals surface area contributed by atoms with Crippen molar-refractivity contribution in [3.8, 4) is 16.5 Å². The summed E-state index contributed by atoms with van der Waals surface area (Å²) in [5.41, 5.74) is 2.31. The van der Waals surface area contributed by atoms with Gasteiger partial charge < -0.3 is 10.1 Å². The summed E-state index contributed by atoms with van der Waals surface area (Å²) in [7, 11) is 1.64. The minimum atomic E-state index is -0.170. The van der Waals surface area contributed by atoms with Crippen molar-refractivity contribution < 1.29 is 9.53 Å². The van der Waals surface area contributed by atoms with E-state index in [-0.39, 0.29) is 5.91 Å². The van der Waals surface area contributed by atoms with Crippen LogP contribution < -0.4 is 10.1 Å². The van der Waals surface area contributed by atoms with Crippen LogP contribution in [0.3, 0.4) is 0 Å². The minimum Gasteiger partial charge on any atom is -0.497 e. The Bertz CT molecular complexity index is 818. The second kappa shape index (κ2) is 7.70. The van der Waals surface area contributed by atoms with Gasteiger partial charge in [-0.15, -0.1) is 11.3 Å². The number of carbonyl (C=O) groups is 1. The molecule has 1 N–H and O–H groups in total. The van der Waals surface area contributed by atoms with Gasteiger partial charge in [0.15, 0.2) is 0 Å². The number of ether oxygens (including phenoxy) is 1. The van der Waals surface area contributed by atoms with Crippen molar-refractivity contribution in [1.29, 1.82) is 0 Å². The molecule has 0 aliphatic rings. The summed E-state index contributed by atoms with van der Waals surface area (Å²) in [5, 5.41) is 5.39. The predicted octanol–water partition coefficient (Wildman–Crippen LogP) is 3.19. The molecule has 0 radical (unpaired) electrons. The van der Waals surface area contributed by atoms with Crippen molar-refractivity contribution in [2.45, 2.75) is 6.42 Å². The molecule has 0 unspecified atom stereocenters. The first-order valence-corrected chi connectivity index (χ1v) is 8.42. The Kier molecular flexibility index (Phi) is 5.18. The van der Waals surface area contributed by atoms with Crippen molar-refractivity contribution in [3.05, 3.63) is 65.3 Å². The Labute approximate surface area is 144 Å². The molecule has 2 aromatic heterocycles. The fraction of sp³-hybridized carbons (Fsp3) is 0.167. The number of pyridine rings is 1. The minimum absolute atomic E-state index is 0.170. The number of rotatable bonds is 6. The lowest BCUT2D eigenvalue weighted by Gasteiger charge is -2.05. The van der Waals surface area contributed by atoms with Crippen LogP contribution in [0.2, 0.25) is 0 Å². The highest BCUT2D eigenvalue weighted by Gasteiger charge is 2.11. The zero-order chi connectivity index (χ0) is 16.8. The molecule has 0 bridgehead atoms. The van der Waals surface area contributed by atoms with Crippen LogP contribution in [-0.4, -0.2) is 29.5 Å². The van der Waals surface area contributed by atoms with Crippen LogP contribution in [0.1, 0.15) is 16.1 Å². The summed E-state index contributed by atoms with van der Waals surface area (Å²) >= 11 is 1.41. The molecule has 5 nitrogen and oxygen atoms in total. The van der Waals surface area contributed by atoms with Crippen LogP contribution in [-0.2, 0) is 6.42 Å². The third kappa shape index (κ3) is 3.97. The van der Waals surface area contributed by atoms with Gasteiger partial charge in [0.2, 0.25) is 0 Å². The summed E-state index contributed by atoms with van der Waals surface area (Å²) < 4.78 is 5.19. The largest absolute Gasteiger partial charge is 0.497 e. The highest BCUT2D eigenvalue weighted by atomic mass is 32.1. The first kappa shape index (κ1) is 16.1. The van der Waals surface area contributed by atoms with Gasteiger partial charge in [-0.25, -0.2) is 4.98 Å². The Hall–Kier alpha value is -2.73. The van der Waals surface area contributed by atoms with E-state index in [2.05, 4.69) is 15.3 Å². The molecule has 0 saturated heterocycles. The van der Waals surface area contributed by atoms with Crippen molar-refractivity contribution in [3.63, 3.8) is 0 Å². The van der Waals surface area contributed by atoms with Gasteiger partial charge in [0, 0.05) is 18.1 Å².